The molecule has 1 amide bonds. The summed E-state index contributed by atoms with van der Waals surface area (Å²) >= 11 is 1.71. The van der Waals surface area contributed by atoms with Gasteiger partial charge < -0.3 is 9.80 Å². The molecular formula is C18H23N5OS. The van der Waals surface area contributed by atoms with Crippen LogP contribution in [0.15, 0.2) is 6.33 Å². The van der Waals surface area contributed by atoms with Gasteiger partial charge >= 0.3 is 0 Å². The van der Waals surface area contributed by atoms with Crippen LogP contribution in [0.25, 0.3) is 10.2 Å². The normalized spacial score (nSPS) is 15.4. The van der Waals surface area contributed by atoms with E-state index in [1.807, 2.05) is 0 Å². The van der Waals surface area contributed by atoms with Crippen LogP contribution in [-0.4, -0.2) is 47.5 Å². The van der Waals surface area contributed by atoms with E-state index in [9.17, 15) is 4.79 Å². The van der Waals surface area contributed by atoms with Crippen molar-refractivity contribution in [2.24, 2.45) is 5.92 Å². The van der Waals surface area contributed by atoms with Gasteiger partial charge in [0.05, 0.1) is 17.9 Å². The highest BCUT2D eigenvalue weighted by Gasteiger charge is 2.28. The molecule has 0 unspecified atom stereocenters. The van der Waals surface area contributed by atoms with Gasteiger partial charge in [-0.05, 0) is 32.3 Å². The van der Waals surface area contributed by atoms with Crippen molar-refractivity contribution < 1.29 is 4.79 Å². The number of carbonyl (C=O) groups excluding carboxylic acids is 1. The summed E-state index contributed by atoms with van der Waals surface area (Å²) < 4.78 is 0. The first-order valence-corrected chi connectivity index (χ1v) is 9.42. The second-order valence-corrected chi connectivity index (χ2v) is 7.79. The predicted molar refractivity (Wildman–Crippen MR) is 99.7 cm³/mol. The van der Waals surface area contributed by atoms with E-state index in [0.29, 0.717) is 13.0 Å². The minimum atomic E-state index is 0.0441. The van der Waals surface area contributed by atoms with Gasteiger partial charge in [-0.1, -0.05) is 0 Å². The van der Waals surface area contributed by atoms with E-state index in [1.165, 1.54) is 10.4 Å². The Morgan fingerprint density at radius 1 is 1.40 bits per heavy atom. The summed E-state index contributed by atoms with van der Waals surface area (Å²) in [5.74, 6) is 1.20. The SMILES string of the molecule is Cc1sc2ncnc(N3CCC(C(=O)N(C)CCC#N)CC3)c2c1C. The second kappa shape index (κ2) is 7.36. The molecule has 1 saturated heterocycles. The number of thiophene rings is 1. The molecule has 0 aliphatic carbocycles. The first-order valence-electron chi connectivity index (χ1n) is 8.60. The van der Waals surface area contributed by atoms with Gasteiger partial charge in [-0.25, -0.2) is 9.97 Å². The summed E-state index contributed by atoms with van der Waals surface area (Å²) in [7, 11) is 1.79. The summed E-state index contributed by atoms with van der Waals surface area (Å²) in [6.45, 7) is 6.40. The molecule has 132 valence electrons. The van der Waals surface area contributed by atoms with E-state index >= 15 is 0 Å². The zero-order chi connectivity index (χ0) is 18.0. The molecule has 0 atom stereocenters. The third-order valence-corrected chi connectivity index (χ3v) is 6.14. The quantitative estimate of drug-likeness (QED) is 0.841. The third kappa shape index (κ3) is 3.45. The lowest BCUT2D eigenvalue weighted by Gasteiger charge is -2.34. The van der Waals surface area contributed by atoms with Gasteiger partial charge in [0.15, 0.2) is 0 Å². The van der Waals surface area contributed by atoms with Crippen LogP contribution in [0.5, 0.6) is 0 Å². The summed E-state index contributed by atoms with van der Waals surface area (Å²) in [5.41, 5.74) is 1.25. The molecule has 25 heavy (non-hydrogen) atoms. The Bertz CT molecular complexity index is 817. The van der Waals surface area contributed by atoms with Crippen molar-refractivity contribution in [3.63, 3.8) is 0 Å². The molecule has 1 aliphatic heterocycles. The second-order valence-electron chi connectivity index (χ2n) is 6.59. The topological polar surface area (TPSA) is 73.1 Å². The fourth-order valence-corrected chi connectivity index (χ4v) is 4.37. The van der Waals surface area contributed by atoms with E-state index in [2.05, 4.69) is 34.8 Å². The van der Waals surface area contributed by atoms with Crippen LogP contribution >= 0.6 is 11.3 Å². The minimum Gasteiger partial charge on any atom is -0.356 e. The zero-order valence-corrected chi connectivity index (χ0v) is 15.8. The molecule has 1 fully saturated rings. The lowest BCUT2D eigenvalue weighted by Crippen LogP contribution is -2.41. The molecule has 0 saturated carbocycles. The summed E-state index contributed by atoms with van der Waals surface area (Å²) in [4.78, 5) is 27.7. The van der Waals surface area contributed by atoms with E-state index in [4.69, 9.17) is 5.26 Å². The molecular weight excluding hydrogens is 334 g/mol. The van der Waals surface area contributed by atoms with E-state index in [-0.39, 0.29) is 11.8 Å². The number of amides is 1. The zero-order valence-electron chi connectivity index (χ0n) is 14.9. The lowest BCUT2D eigenvalue weighted by atomic mass is 9.95. The lowest BCUT2D eigenvalue weighted by molar-refractivity contribution is -0.134. The maximum atomic E-state index is 12.5. The maximum Gasteiger partial charge on any atom is 0.225 e. The van der Waals surface area contributed by atoms with Gasteiger partial charge in [-0.2, -0.15) is 5.26 Å². The molecule has 2 aromatic heterocycles. The molecule has 1 aliphatic rings. The summed E-state index contributed by atoms with van der Waals surface area (Å²) in [6.07, 6.45) is 3.67. The Morgan fingerprint density at radius 3 is 2.80 bits per heavy atom. The van der Waals surface area contributed by atoms with Gasteiger partial charge in [0, 0.05) is 37.5 Å². The van der Waals surface area contributed by atoms with Crippen molar-refractivity contribution in [3.8, 4) is 6.07 Å². The standard InChI is InChI=1S/C18H23N5OS/c1-12-13(2)25-17-15(12)16(20-11-21-17)23-9-5-14(6-10-23)18(24)22(3)8-4-7-19/h11,14H,4-6,8-10H2,1-3H3. The van der Waals surface area contributed by atoms with E-state index in [1.54, 1.807) is 29.6 Å². The molecule has 6 nitrogen and oxygen atoms in total. The van der Waals surface area contributed by atoms with Gasteiger partial charge in [0.1, 0.15) is 17.0 Å². The molecule has 0 spiro atoms. The maximum absolute atomic E-state index is 12.5. The smallest absolute Gasteiger partial charge is 0.225 e. The fourth-order valence-electron chi connectivity index (χ4n) is 3.38. The number of fused-ring (bicyclic) bond motifs is 1. The van der Waals surface area contributed by atoms with Crippen LogP contribution in [-0.2, 0) is 4.79 Å². The number of aryl methyl sites for hydroxylation is 2. The van der Waals surface area contributed by atoms with Crippen LogP contribution in [0.3, 0.4) is 0 Å². The summed E-state index contributed by atoms with van der Waals surface area (Å²) in [5, 5.41) is 9.83. The Kier molecular flexibility index (Phi) is 5.19. The van der Waals surface area contributed by atoms with Crippen LogP contribution in [0.1, 0.15) is 29.7 Å². The summed E-state index contributed by atoms with van der Waals surface area (Å²) in [6, 6.07) is 2.09. The van der Waals surface area contributed by atoms with Crippen molar-refractivity contribution in [2.45, 2.75) is 33.1 Å². The Balaban J connectivity index is 1.71. The van der Waals surface area contributed by atoms with E-state index in [0.717, 1.165) is 42.0 Å². The largest absolute Gasteiger partial charge is 0.356 e. The molecule has 0 aromatic carbocycles. The number of nitrogens with zero attached hydrogens (tertiary/aromatic N) is 5. The van der Waals surface area contributed by atoms with Crippen LogP contribution < -0.4 is 4.90 Å². The Morgan fingerprint density at radius 2 is 2.12 bits per heavy atom. The van der Waals surface area contributed by atoms with Crippen molar-refractivity contribution >= 4 is 33.3 Å². The number of hydrogen-bond acceptors (Lipinski definition) is 6. The number of hydrogen-bond donors (Lipinski definition) is 0. The molecule has 0 N–H and O–H groups in total. The number of anilines is 1. The monoisotopic (exact) mass is 357 g/mol. The molecule has 0 radical (unpaired) electrons. The third-order valence-electron chi connectivity index (χ3n) is 5.02. The van der Waals surface area contributed by atoms with Crippen LogP contribution in [0, 0.1) is 31.1 Å². The Labute approximate surface area is 152 Å². The van der Waals surface area contributed by atoms with E-state index < -0.39 is 0 Å². The van der Waals surface area contributed by atoms with Crippen molar-refractivity contribution in [1.29, 1.82) is 5.26 Å². The Hall–Kier alpha value is -2.20. The molecule has 3 rings (SSSR count). The average Bonchev–Trinajstić information content (AvgIpc) is 2.93. The first-order chi connectivity index (χ1) is 12.0. The van der Waals surface area contributed by atoms with Crippen molar-refractivity contribution in [1.82, 2.24) is 14.9 Å². The van der Waals surface area contributed by atoms with Crippen molar-refractivity contribution in [3.05, 3.63) is 16.8 Å². The number of aromatic nitrogens is 2. The van der Waals surface area contributed by atoms with Gasteiger partial charge in [-0.3, -0.25) is 4.79 Å². The highest BCUT2D eigenvalue weighted by atomic mass is 32.1. The van der Waals surface area contributed by atoms with Gasteiger partial charge in [0.25, 0.3) is 0 Å². The average molecular weight is 357 g/mol. The highest BCUT2D eigenvalue weighted by molar-refractivity contribution is 7.18. The molecule has 7 heteroatoms. The molecule has 2 aromatic rings. The minimum absolute atomic E-state index is 0.0441. The number of piperidine rings is 1. The first kappa shape index (κ1) is 17.6. The van der Waals surface area contributed by atoms with Crippen LogP contribution in [0.4, 0.5) is 5.82 Å². The van der Waals surface area contributed by atoms with Crippen molar-refractivity contribution in [2.75, 3.05) is 31.6 Å². The van der Waals surface area contributed by atoms with Gasteiger partial charge in [0.2, 0.25) is 5.91 Å². The number of nitriles is 1. The number of rotatable bonds is 4. The van der Waals surface area contributed by atoms with Crippen LogP contribution in [0.2, 0.25) is 0 Å². The van der Waals surface area contributed by atoms with Gasteiger partial charge in [-0.15, -0.1) is 11.3 Å². The predicted octanol–water partition coefficient (Wildman–Crippen LogP) is 2.90. The number of carbonyl (C=O) groups is 1. The molecule has 0 bridgehead atoms. The highest BCUT2D eigenvalue weighted by Crippen LogP contribution is 2.35. The molecule has 3 heterocycles. The fraction of sp³-hybridized carbons (Fsp3) is 0.556.